The molecule has 2 N–H and O–H groups in total. The number of hydrazine groups is 1. The monoisotopic (exact) mass is 882 g/mol. The van der Waals surface area contributed by atoms with E-state index in [-0.39, 0.29) is 54.7 Å². The summed E-state index contributed by atoms with van der Waals surface area (Å²) < 4.78 is 20.6. The number of nitrogens with zero attached hydrogens (tertiary/aromatic N) is 6. The molecular formula is C48H66N8O6S. The summed E-state index contributed by atoms with van der Waals surface area (Å²) in [5.74, 6) is 0.386. The first-order valence-electron chi connectivity index (χ1n) is 23.2. The molecule has 3 aromatic rings. The number of hydrogen-bond donors (Lipinski definition) is 2. The highest BCUT2D eigenvalue weighted by Crippen LogP contribution is 2.46. The Bertz CT molecular complexity index is 2290. The Labute approximate surface area is 376 Å². The zero-order valence-electron chi connectivity index (χ0n) is 38.4. The highest BCUT2D eigenvalue weighted by molar-refractivity contribution is 8.14. The van der Waals surface area contributed by atoms with Crippen molar-refractivity contribution in [2.75, 3.05) is 70.3 Å². The highest BCUT2D eigenvalue weighted by Gasteiger charge is 2.50. The second-order valence-corrected chi connectivity index (χ2v) is 21.0. The Hall–Kier alpha value is -4.02. The Morgan fingerprint density at radius 2 is 1.92 bits per heavy atom. The minimum Gasteiger partial charge on any atom is -0.464 e. The molecule has 2 unspecified atom stereocenters. The molecule has 340 valence electrons. The van der Waals surface area contributed by atoms with Gasteiger partial charge in [0, 0.05) is 86.4 Å². The summed E-state index contributed by atoms with van der Waals surface area (Å²) >= 11 is 1.65. The van der Waals surface area contributed by atoms with Gasteiger partial charge in [-0.05, 0) is 81.2 Å². The van der Waals surface area contributed by atoms with Crippen molar-refractivity contribution in [1.82, 2.24) is 30.2 Å². The number of benzene rings is 1. The van der Waals surface area contributed by atoms with Crippen LogP contribution in [0.15, 0.2) is 35.5 Å². The van der Waals surface area contributed by atoms with Gasteiger partial charge in [-0.3, -0.25) is 29.5 Å². The first kappa shape index (κ1) is 44.2. The van der Waals surface area contributed by atoms with Gasteiger partial charge < -0.3 is 29.0 Å². The molecule has 5 aliphatic heterocycles. The fourth-order valence-electron chi connectivity index (χ4n) is 10.6. The molecule has 7 heterocycles. The predicted molar refractivity (Wildman–Crippen MR) is 247 cm³/mol. The molecule has 4 fully saturated rings. The van der Waals surface area contributed by atoms with Crippen LogP contribution in [0, 0.1) is 23.2 Å². The van der Waals surface area contributed by atoms with Gasteiger partial charge in [0.2, 0.25) is 5.91 Å². The molecule has 1 saturated carbocycles. The van der Waals surface area contributed by atoms with Crippen LogP contribution in [0.25, 0.3) is 22.2 Å². The lowest BCUT2D eigenvalue weighted by atomic mass is 9.84. The molecule has 0 radical (unpaired) electrons. The van der Waals surface area contributed by atoms with Crippen LogP contribution >= 0.6 is 11.8 Å². The number of aliphatic imine (C=N–C) groups is 1. The van der Waals surface area contributed by atoms with Crippen molar-refractivity contribution in [3.05, 3.63) is 47.3 Å². The molecule has 8 atom stereocenters. The number of carbonyl (C=O) groups excluding carboxylic acids is 3. The number of carbonyl (C=O) groups is 3. The van der Waals surface area contributed by atoms with E-state index < -0.39 is 23.0 Å². The number of anilines is 1. The average molecular weight is 883 g/mol. The molecule has 2 aromatic heterocycles. The van der Waals surface area contributed by atoms with Crippen LogP contribution in [0.2, 0.25) is 0 Å². The number of aryl methyl sites for hydroxylation is 1. The number of aromatic nitrogens is 2. The maximum Gasteiger partial charge on any atom is 0.327 e. The number of piperazine rings is 1. The van der Waals surface area contributed by atoms with Crippen LogP contribution in [0.4, 0.5) is 5.69 Å². The van der Waals surface area contributed by atoms with E-state index >= 15 is 0 Å². The molecule has 3 saturated heterocycles. The van der Waals surface area contributed by atoms with Crippen molar-refractivity contribution in [2.24, 2.45) is 28.2 Å². The maximum atomic E-state index is 14.4. The van der Waals surface area contributed by atoms with E-state index in [1.54, 1.807) is 18.9 Å². The number of methoxy groups -OCH3 is 1. The molecule has 6 aliphatic rings. The van der Waals surface area contributed by atoms with Crippen LogP contribution in [0.3, 0.4) is 0 Å². The summed E-state index contributed by atoms with van der Waals surface area (Å²) in [6, 6.07) is 8.45. The smallest absolute Gasteiger partial charge is 0.327 e. The first-order valence-corrected chi connectivity index (χ1v) is 24.2. The van der Waals surface area contributed by atoms with Crippen LogP contribution in [0.5, 0.6) is 0 Å². The van der Waals surface area contributed by atoms with Gasteiger partial charge in [0.15, 0.2) is 0 Å². The van der Waals surface area contributed by atoms with Crippen LogP contribution < -0.4 is 15.6 Å². The number of ether oxygens (including phenoxy) is 3. The lowest BCUT2D eigenvalue weighted by Crippen LogP contribution is -2.65. The van der Waals surface area contributed by atoms with Crippen molar-refractivity contribution < 1.29 is 28.6 Å². The van der Waals surface area contributed by atoms with Crippen molar-refractivity contribution in [1.29, 1.82) is 0 Å². The van der Waals surface area contributed by atoms with E-state index in [0.29, 0.717) is 31.8 Å². The number of esters is 1. The minimum absolute atomic E-state index is 0.101. The second kappa shape index (κ2) is 17.4. The maximum absolute atomic E-state index is 14.4. The van der Waals surface area contributed by atoms with E-state index in [0.717, 1.165) is 95.8 Å². The third kappa shape index (κ3) is 8.53. The van der Waals surface area contributed by atoms with Gasteiger partial charge in [-0.1, -0.05) is 33.8 Å². The van der Waals surface area contributed by atoms with Gasteiger partial charge in [0.25, 0.3) is 5.91 Å². The second-order valence-electron chi connectivity index (χ2n) is 19.9. The van der Waals surface area contributed by atoms with E-state index in [2.05, 4.69) is 90.9 Å². The minimum atomic E-state index is -1.13. The summed E-state index contributed by atoms with van der Waals surface area (Å²) in [6.45, 7) is 21.1. The Kier molecular flexibility index (Phi) is 12.2. The Balaban J connectivity index is 1.15. The summed E-state index contributed by atoms with van der Waals surface area (Å²) in [5, 5.41) is 6.64. The number of pyridine rings is 1. The van der Waals surface area contributed by atoms with Gasteiger partial charge in [0.1, 0.15) is 11.6 Å². The largest absolute Gasteiger partial charge is 0.464 e. The quantitative estimate of drug-likeness (QED) is 0.273. The third-order valence-electron chi connectivity index (χ3n) is 14.8. The standard InChI is InChI=1S/C48H66N8O6S/c1-9-55-39-12-11-31-19-34(39)36(43(55)35-20-32(23-49-42(35)30(4)60-8)54-16-15-53-17-18-61-25-33(53)24-54)22-47(5,6)27-62-46(59)48(7)13-10-14-56(52-48)45(58)37(21-40-50-38(31)26-63-40)51-44(57)41-28(2)29(41)3/h11-12,19-20,23,28-30,33,37-38,41,52H,9-10,13-18,21-22,24-27H2,1-8H3,(H,51,57)/t28-,29+,30-,33-,37-,38?,41?,48+/m0/s1. The number of rotatable bonds is 7. The Morgan fingerprint density at radius 1 is 1.11 bits per heavy atom. The number of cyclic esters (lactones) is 1. The van der Waals surface area contributed by atoms with E-state index in [9.17, 15) is 14.4 Å². The number of amides is 2. The first-order chi connectivity index (χ1) is 30.2. The van der Waals surface area contributed by atoms with Crippen LogP contribution in [0.1, 0.15) is 96.7 Å². The molecule has 9 rings (SSSR count). The van der Waals surface area contributed by atoms with Crippen molar-refractivity contribution in [2.45, 2.75) is 110 Å². The average Bonchev–Trinajstić information content (AvgIpc) is 3.54. The summed E-state index contributed by atoms with van der Waals surface area (Å²) in [5.41, 5.74) is 9.15. The van der Waals surface area contributed by atoms with Crippen molar-refractivity contribution in [3.8, 4) is 11.3 Å². The van der Waals surface area contributed by atoms with Gasteiger partial charge in [-0.2, -0.15) is 0 Å². The molecule has 2 amide bonds. The number of nitrogens with one attached hydrogen (secondary N) is 2. The van der Waals surface area contributed by atoms with Gasteiger partial charge in [0.05, 0.1) is 66.3 Å². The van der Waals surface area contributed by atoms with Crippen LogP contribution in [-0.2, 0) is 41.6 Å². The molecule has 14 nitrogen and oxygen atoms in total. The predicted octanol–water partition coefficient (Wildman–Crippen LogP) is 5.93. The molecule has 15 heteroatoms. The van der Waals surface area contributed by atoms with E-state index in [1.165, 1.54) is 10.6 Å². The molecule has 6 bridgehead atoms. The fourth-order valence-corrected chi connectivity index (χ4v) is 11.8. The van der Waals surface area contributed by atoms with Gasteiger partial charge in [-0.15, -0.1) is 11.8 Å². The van der Waals surface area contributed by atoms with Crippen molar-refractivity contribution in [3.63, 3.8) is 0 Å². The SMILES string of the molecule is CCn1c(-c2cc(N3CCN4CCOC[C@@H]4C3)cnc2[C@H](C)OC)c2c3cc(ccc31)C1CSC(=N1)C[C@H](NC(=O)C1[C@@H](C)[C@H]1C)C(=O)N1CCC[C@@](C)(N1)C(=O)OCC(C)(C)C2. The zero-order valence-corrected chi connectivity index (χ0v) is 39.2. The molecule has 1 aliphatic carbocycles. The third-order valence-corrected chi connectivity index (χ3v) is 15.9. The molecule has 1 aromatic carbocycles. The lowest BCUT2D eigenvalue weighted by Gasteiger charge is -2.44. The normalized spacial score (nSPS) is 30.6. The number of hydrogen-bond acceptors (Lipinski definition) is 12. The Morgan fingerprint density at radius 3 is 2.68 bits per heavy atom. The number of fused-ring (bicyclic) bond motifs is 6. The summed E-state index contributed by atoms with van der Waals surface area (Å²) in [4.78, 5) is 57.6. The highest BCUT2D eigenvalue weighted by atomic mass is 32.2. The van der Waals surface area contributed by atoms with Crippen LogP contribution in [-0.4, -0.2) is 125 Å². The fraction of sp³-hybridized carbons (Fsp3) is 0.646. The van der Waals surface area contributed by atoms with E-state index in [4.69, 9.17) is 24.2 Å². The lowest BCUT2D eigenvalue weighted by molar-refractivity contribution is -0.162. The number of morpholine rings is 1. The number of thioether (sulfide) groups is 1. The summed E-state index contributed by atoms with van der Waals surface area (Å²) in [7, 11) is 1.74. The zero-order chi connectivity index (χ0) is 44.4. The van der Waals surface area contributed by atoms with Gasteiger partial charge >= 0.3 is 5.97 Å². The van der Waals surface area contributed by atoms with E-state index in [1.807, 2.05) is 13.1 Å². The topological polar surface area (TPSA) is 143 Å². The summed E-state index contributed by atoms with van der Waals surface area (Å²) in [6.07, 6.45) is 3.77. The molecular weight excluding hydrogens is 817 g/mol. The molecule has 63 heavy (non-hydrogen) atoms. The van der Waals surface area contributed by atoms with Crippen molar-refractivity contribution >= 4 is 51.2 Å². The molecule has 0 spiro atoms. The van der Waals surface area contributed by atoms with Gasteiger partial charge in [-0.25, -0.2) is 10.2 Å².